The predicted octanol–water partition coefficient (Wildman–Crippen LogP) is 1.44. The van der Waals surface area contributed by atoms with Gasteiger partial charge in [-0.1, -0.05) is 0 Å². The van der Waals surface area contributed by atoms with Crippen LogP contribution in [-0.4, -0.2) is 10.2 Å². The molecule has 0 aliphatic carbocycles. The van der Waals surface area contributed by atoms with Gasteiger partial charge >= 0.3 is 0 Å². The van der Waals surface area contributed by atoms with Crippen LogP contribution in [0.25, 0.3) is 0 Å². The average molecular weight is 217 g/mol. The summed E-state index contributed by atoms with van der Waals surface area (Å²) >= 11 is 0. The molecule has 0 aromatic heterocycles. The van der Waals surface area contributed by atoms with Gasteiger partial charge in [0.05, 0.1) is 0 Å². The summed E-state index contributed by atoms with van der Waals surface area (Å²) in [4.78, 5) is 0. The Balaban J connectivity index is 2.28. The molecule has 2 rings (SSSR count). The van der Waals surface area contributed by atoms with Crippen LogP contribution in [0.5, 0.6) is 11.5 Å². The maximum atomic E-state index is 11.9. The lowest BCUT2D eigenvalue weighted by atomic mass is 10.2. The maximum Gasteiger partial charge on any atom is 0.136 e. The average Bonchev–Trinajstić information content (AvgIpc) is 2.30. The van der Waals surface area contributed by atoms with Crippen LogP contribution in [0, 0.1) is 5.21 Å². The molecule has 0 saturated heterocycles. The van der Waals surface area contributed by atoms with Gasteiger partial charge < -0.3 is 20.5 Å². The van der Waals surface area contributed by atoms with Crippen molar-refractivity contribution in [3.8, 4) is 11.5 Å². The molecule has 3 N–H and O–H groups in total. The molecular formula is C12H11NO3. The standard InChI is InChI=1S/C12H11NO3/c14-11-5-1-9(2-6-11)13(16)10-3-7-12(15)8-4-10/h1-8,13-15H. The zero-order chi connectivity index (χ0) is 11.5. The minimum atomic E-state index is -0.139. The fourth-order valence-corrected chi connectivity index (χ4v) is 1.39. The quantitative estimate of drug-likeness (QED) is 0.526. The van der Waals surface area contributed by atoms with Crippen LogP contribution < -0.4 is 5.06 Å². The summed E-state index contributed by atoms with van der Waals surface area (Å²) in [6.45, 7) is 0. The molecule has 0 unspecified atom stereocenters. The fourth-order valence-electron chi connectivity index (χ4n) is 1.39. The van der Waals surface area contributed by atoms with Gasteiger partial charge in [-0.05, 0) is 24.3 Å². The monoisotopic (exact) mass is 217 g/mol. The van der Waals surface area contributed by atoms with E-state index < -0.39 is 0 Å². The first-order valence-electron chi connectivity index (χ1n) is 4.79. The SMILES string of the molecule is [O-][NH+](c1ccc(O)cc1)c1ccc(O)cc1. The lowest BCUT2D eigenvalue weighted by Crippen LogP contribution is -2.96. The highest BCUT2D eigenvalue weighted by Crippen LogP contribution is 2.15. The number of phenols is 2. The Kier molecular flexibility index (Phi) is 2.76. The normalized spacial score (nSPS) is 10.6. The molecule has 0 atom stereocenters. The van der Waals surface area contributed by atoms with Crippen molar-refractivity contribution in [3.63, 3.8) is 0 Å². The van der Waals surface area contributed by atoms with Crippen LogP contribution in [-0.2, 0) is 0 Å². The van der Waals surface area contributed by atoms with E-state index in [4.69, 9.17) is 10.2 Å². The zero-order valence-corrected chi connectivity index (χ0v) is 8.42. The molecule has 2 aromatic rings. The minimum absolute atomic E-state index is 0.127. The Bertz CT molecular complexity index is 419. The molecule has 0 saturated carbocycles. The van der Waals surface area contributed by atoms with Gasteiger partial charge in [-0.2, -0.15) is 0 Å². The number of hydrogen-bond acceptors (Lipinski definition) is 3. The third kappa shape index (κ3) is 2.13. The highest BCUT2D eigenvalue weighted by molar-refractivity contribution is 5.42. The molecule has 0 amide bonds. The number of benzene rings is 2. The van der Waals surface area contributed by atoms with Gasteiger partial charge in [0.2, 0.25) is 0 Å². The highest BCUT2D eigenvalue weighted by atomic mass is 16.5. The summed E-state index contributed by atoms with van der Waals surface area (Å²) in [5, 5.41) is 30.0. The molecule has 0 aliphatic rings. The Labute approximate surface area is 92.6 Å². The summed E-state index contributed by atoms with van der Waals surface area (Å²) < 4.78 is 0. The van der Waals surface area contributed by atoms with Crippen LogP contribution in [0.2, 0.25) is 0 Å². The summed E-state index contributed by atoms with van der Waals surface area (Å²) in [5.74, 6) is 0.254. The number of hydrogen-bond donors (Lipinski definition) is 3. The van der Waals surface area contributed by atoms with Gasteiger partial charge in [-0.15, -0.1) is 0 Å². The minimum Gasteiger partial charge on any atom is -0.623 e. The molecule has 82 valence electrons. The van der Waals surface area contributed by atoms with Gasteiger partial charge in [-0.25, -0.2) is 0 Å². The summed E-state index contributed by atoms with van der Waals surface area (Å²) in [5.41, 5.74) is 1.01. The summed E-state index contributed by atoms with van der Waals surface area (Å²) in [7, 11) is 0. The molecule has 0 fully saturated rings. The zero-order valence-electron chi connectivity index (χ0n) is 8.42. The van der Waals surface area contributed by atoms with Crippen molar-refractivity contribution in [1.82, 2.24) is 0 Å². The van der Waals surface area contributed by atoms with Crippen LogP contribution in [0.4, 0.5) is 11.4 Å². The van der Waals surface area contributed by atoms with E-state index in [1.54, 1.807) is 24.3 Å². The van der Waals surface area contributed by atoms with Crippen molar-refractivity contribution in [3.05, 3.63) is 53.7 Å². The molecule has 0 radical (unpaired) electrons. The van der Waals surface area contributed by atoms with Crippen molar-refractivity contribution in [2.45, 2.75) is 0 Å². The summed E-state index contributed by atoms with van der Waals surface area (Å²) in [6.07, 6.45) is 0. The molecule has 0 spiro atoms. The van der Waals surface area contributed by atoms with E-state index in [2.05, 4.69) is 0 Å². The smallest absolute Gasteiger partial charge is 0.136 e. The van der Waals surface area contributed by atoms with Crippen molar-refractivity contribution >= 4 is 11.4 Å². The van der Waals surface area contributed by atoms with Crippen molar-refractivity contribution in [2.24, 2.45) is 0 Å². The lowest BCUT2D eigenvalue weighted by molar-refractivity contribution is -0.698. The van der Waals surface area contributed by atoms with E-state index in [0.29, 0.717) is 11.4 Å². The second kappa shape index (κ2) is 4.22. The third-order valence-electron chi connectivity index (χ3n) is 2.26. The number of nitrogens with one attached hydrogen (secondary N) is 1. The Morgan fingerprint density at radius 1 is 0.688 bits per heavy atom. The number of rotatable bonds is 2. The number of aromatic hydroxyl groups is 2. The van der Waals surface area contributed by atoms with Crippen molar-refractivity contribution < 1.29 is 15.3 Å². The second-order valence-electron chi connectivity index (χ2n) is 3.42. The van der Waals surface area contributed by atoms with E-state index in [0.717, 1.165) is 0 Å². The van der Waals surface area contributed by atoms with E-state index in [1.165, 1.54) is 24.3 Å². The van der Waals surface area contributed by atoms with Gasteiger partial charge in [0.1, 0.15) is 22.9 Å². The van der Waals surface area contributed by atoms with Gasteiger partial charge in [0, 0.05) is 24.3 Å². The van der Waals surface area contributed by atoms with Crippen LogP contribution in [0.1, 0.15) is 0 Å². The first-order valence-corrected chi connectivity index (χ1v) is 4.79. The lowest BCUT2D eigenvalue weighted by Gasteiger charge is -2.21. The molecular weight excluding hydrogens is 206 g/mol. The predicted molar refractivity (Wildman–Crippen MR) is 59.9 cm³/mol. The third-order valence-corrected chi connectivity index (χ3v) is 2.26. The second-order valence-corrected chi connectivity index (χ2v) is 3.42. The van der Waals surface area contributed by atoms with Gasteiger partial charge in [-0.3, -0.25) is 0 Å². The molecule has 0 aliphatic heterocycles. The van der Waals surface area contributed by atoms with Gasteiger partial charge in [0.15, 0.2) is 0 Å². The molecule has 4 nitrogen and oxygen atoms in total. The molecule has 0 heterocycles. The van der Waals surface area contributed by atoms with Crippen molar-refractivity contribution in [2.75, 3.05) is 0 Å². The molecule has 2 aromatic carbocycles. The number of quaternary nitrogens is 1. The van der Waals surface area contributed by atoms with Crippen LogP contribution in [0.15, 0.2) is 48.5 Å². The van der Waals surface area contributed by atoms with Crippen LogP contribution >= 0.6 is 0 Å². The largest absolute Gasteiger partial charge is 0.623 e. The van der Waals surface area contributed by atoms with E-state index in [-0.39, 0.29) is 16.6 Å². The van der Waals surface area contributed by atoms with Crippen LogP contribution in [0.3, 0.4) is 0 Å². The fraction of sp³-hybridized carbons (Fsp3) is 0. The molecule has 0 bridgehead atoms. The van der Waals surface area contributed by atoms with E-state index >= 15 is 0 Å². The Morgan fingerprint density at radius 3 is 1.31 bits per heavy atom. The number of phenolic OH excluding ortho intramolecular Hbond substituents is 2. The molecule has 16 heavy (non-hydrogen) atoms. The Hall–Kier alpha value is -2.04. The first-order chi connectivity index (χ1) is 7.66. The topological polar surface area (TPSA) is 68.0 Å². The highest BCUT2D eigenvalue weighted by Gasteiger charge is 2.05. The van der Waals surface area contributed by atoms with E-state index in [1.807, 2.05) is 0 Å². The van der Waals surface area contributed by atoms with Gasteiger partial charge in [0.25, 0.3) is 0 Å². The Morgan fingerprint density at radius 2 is 1.00 bits per heavy atom. The maximum absolute atomic E-state index is 11.9. The molecule has 4 heteroatoms. The van der Waals surface area contributed by atoms with Crippen molar-refractivity contribution in [1.29, 1.82) is 0 Å². The first kappa shape index (κ1) is 10.5. The summed E-state index contributed by atoms with van der Waals surface area (Å²) in [6, 6.07) is 12.1. The van der Waals surface area contributed by atoms with E-state index in [9.17, 15) is 5.21 Å².